The minimum absolute atomic E-state index is 0.0661. The van der Waals surface area contributed by atoms with Crippen LogP contribution in [0.15, 0.2) is 76.5 Å². The molecule has 0 saturated carbocycles. The fourth-order valence-corrected chi connectivity index (χ4v) is 3.87. The Balaban J connectivity index is 1.77. The standard InChI is InChI=1S/C16H11NO8S2/c18-15-10-11-16(19)17(15)25-27(22,23)14-8-6-12(7-9-14)24-26(20,21)13-4-2-1-3-5-13/h1-11H. The van der Waals surface area contributed by atoms with E-state index in [1.807, 2.05) is 0 Å². The fourth-order valence-electron chi connectivity index (χ4n) is 2.03. The Bertz CT molecular complexity index is 1100. The van der Waals surface area contributed by atoms with Gasteiger partial charge in [-0.15, -0.1) is 9.35 Å². The summed E-state index contributed by atoms with van der Waals surface area (Å²) in [4.78, 5) is 22.3. The molecule has 0 fully saturated rings. The number of hydrogen-bond acceptors (Lipinski definition) is 8. The van der Waals surface area contributed by atoms with E-state index in [0.29, 0.717) is 0 Å². The molecule has 2 aromatic carbocycles. The van der Waals surface area contributed by atoms with Gasteiger partial charge < -0.3 is 4.18 Å². The van der Waals surface area contributed by atoms with Gasteiger partial charge in [-0.05, 0) is 36.4 Å². The van der Waals surface area contributed by atoms with Crippen molar-refractivity contribution in [3.8, 4) is 5.75 Å². The molecule has 2 amide bonds. The van der Waals surface area contributed by atoms with Gasteiger partial charge in [0.1, 0.15) is 10.6 Å². The van der Waals surface area contributed by atoms with E-state index >= 15 is 0 Å². The summed E-state index contributed by atoms with van der Waals surface area (Å²) in [5.41, 5.74) is 0. The van der Waals surface area contributed by atoms with Crippen LogP contribution in [-0.2, 0) is 34.1 Å². The van der Waals surface area contributed by atoms with Gasteiger partial charge in [-0.25, -0.2) is 0 Å². The number of nitrogens with zero attached hydrogens (tertiary/aromatic N) is 1. The van der Waals surface area contributed by atoms with Crippen molar-refractivity contribution >= 4 is 32.1 Å². The molecule has 0 spiro atoms. The molecule has 0 N–H and O–H groups in total. The van der Waals surface area contributed by atoms with Crippen LogP contribution >= 0.6 is 0 Å². The third kappa shape index (κ3) is 4.05. The lowest BCUT2D eigenvalue weighted by Crippen LogP contribution is -2.32. The number of rotatable bonds is 6. The summed E-state index contributed by atoms with van der Waals surface area (Å²) < 4.78 is 58.0. The van der Waals surface area contributed by atoms with E-state index in [0.717, 1.165) is 36.4 Å². The van der Waals surface area contributed by atoms with E-state index in [2.05, 4.69) is 4.28 Å². The Morgan fingerprint density at radius 3 is 1.74 bits per heavy atom. The number of hydroxylamine groups is 2. The van der Waals surface area contributed by atoms with Crippen LogP contribution in [0.4, 0.5) is 0 Å². The maximum atomic E-state index is 12.1. The minimum atomic E-state index is -4.48. The number of hydrogen-bond donors (Lipinski definition) is 0. The Hall–Kier alpha value is -3.02. The number of amides is 2. The van der Waals surface area contributed by atoms with Gasteiger partial charge in [0.2, 0.25) is 0 Å². The summed E-state index contributed by atoms with van der Waals surface area (Å²) >= 11 is 0. The van der Waals surface area contributed by atoms with Crippen LogP contribution in [0.5, 0.6) is 5.75 Å². The molecule has 0 bridgehead atoms. The van der Waals surface area contributed by atoms with Crippen molar-refractivity contribution in [3.05, 3.63) is 66.7 Å². The van der Waals surface area contributed by atoms with E-state index in [-0.39, 0.29) is 15.7 Å². The molecule has 3 rings (SSSR count). The molecular weight excluding hydrogens is 398 g/mol. The second-order valence-corrected chi connectivity index (χ2v) is 8.23. The van der Waals surface area contributed by atoms with Crippen molar-refractivity contribution in [2.45, 2.75) is 9.79 Å². The zero-order chi connectivity index (χ0) is 19.7. The summed E-state index contributed by atoms with van der Waals surface area (Å²) in [6.45, 7) is 0. The van der Waals surface area contributed by atoms with E-state index in [1.54, 1.807) is 6.07 Å². The Labute approximate surface area is 154 Å². The summed E-state index contributed by atoms with van der Waals surface area (Å²) in [7, 11) is -8.56. The Morgan fingerprint density at radius 2 is 1.19 bits per heavy atom. The van der Waals surface area contributed by atoms with E-state index in [4.69, 9.17) is 4.18 Å². The molecule has 11 heteroatoms. The molecule has 2 aromatic rings. The zero-order valence-corrected chi connectivity index (χ0v) is 15.0. The Morgan fingerprint density at radius 1 is 0.667 bits per heavy atom. The molecule has 9 nitrogen and oxygen atoms in total. The third-order valence-electron chi connectivity index (χ3n) is 3.29. The van der Waals surface area contributed by atoms with E-state index in [1.165, 1.54) is 24.3 Å². The molecule has 1 aliphatic heterocycles. The Kier molecular flexibility index (Phi) is 4.83. The van der Waals surface area contributed by atoms with Crippen LogP contribution in [0.25, 0.3) is 0 Å². The molecular formula is C16H11NO8S2. The highest BCUT2D eigenvalue weighted by atomic mass is 32.2. The van der Waals surface area contributed by atoms with Gasteiger partial charge in [-0.2, -0.15) is 16.8 Å². The lowest BCUT2D eigenvalue weighted by molar-refractivity contribution is -0.161. The van der Waals surface area contributed by atoms with Crippen LogP contribution in [0.2, 0.25) is 0 Å². The zero-order valence-electron chi connectivity index (χ0n) is 13.4. The van der Waals surface area contributed by atoms with Crippen LogP contribution in [-0.4, -0.2) is 33.7 Å². The highest BCUT2D eigenvalue weighted by Gasteiger charge is 2.31. The van der Waals surface area contributed by atoms with Crippen molar-refractivity contribution in [2.75, 3.05) is 0 Å². The lowest BCUT2D eigenvalue weighted by atomic mass is 10.3. The van der Waals surface area contributed by atoms with Gasteiger partial charge in [0, 0.05) is 12.2 Å². The molecule has 140 valence electrons. The topological polar surface area (TPSA) is 124 Å². The first-order valence-electron chi connectivity index (χ1n) is 7.29. The van der Waals surface area contributed by atoms with Crippen molar-refractivity contribution in [1.82, 2.24) is 5.06 Å². The predicted molar refractivity (Wildman–Crippen MR) is 90.0 cm³/mol. The smallest absolute Gasteiger partial charge is 0.339 e. The quantitative estimate of drug-likeness (QED) is 0.511. The van der Waals surface area contributed by atoms with Crippen LogP contribution in [0.3, 0.4) is 0 Å². The molecule has 0 atom stereocenters. The first-order chi connectivity index (χ1) is 12.7. The van der Waals surface area contributed by atoms with Crippen molar-refractivity contribution < 1.29 is 34.9 Å². The van der Waals surface area contributed by atoms with Crippen molar-refractivity contribution in [3.63, 3.8) is 0 Å². The van der Waals surface area contributed by atoms with Gasteiger partial charge in [-0.1, -0.05) is 18.2 Å². The summed E-state index contributed by atoms with van der Waals surface area (Å²) in [6, 6.07) is 11.6. The van der Waals surface area contributed by atoms with E-state index < -0.39 is 36.9 Å². The van der Waals surface area contributed by atoms with Gasteiger partial charge in [0.15, 0.2) is 0 Å². The molecule has 1 heterocycles. The molecule has 1 aliphatic rings. The molecule has 0 radical (unpaired) electrons. The van der Waals surface area contributed by atoms with Crippen LogP contribution in [0.1, 0.15) is 0 Å². The first-order valence-corrected chi connectivity index (χ1v) is 10.1. The third-order valence-corrected chi connectivity index (χ3v) is 5.75. The highest BCUT2D eigenvalue weighted by molar-refractivity contribution is 7.87. The highest BCUT2D eigenvalue weighted by Crippen LogP contribution is 2.22. The average molecular weight is 409 g/mol. The van der Waals surface area contributed by atoms with Gasteiger partial charge >= 0.3 is 20.2 Å². The monoisotopic (exact) mass is 409 g/mol. The van der Waals surface area contributed by atoms with Crippen molar-refractivity contribution in [1.29, 1.82) is 0 Å². The summed E-state index contributed by atoms with van der Waals surface area (Å²) in [5, 5.41) is 0.0968. The average Bonchev–Trinajstić information content (AvgIpc) is 2.94. The second kappa shape index (κ2) is 6.95. The van der Waals surface area contributed by atoms with Gasteiger partial charge in [0.25, 0.3) is 11.8 Å². The fraction of sp³-hybridized carbons (Fsp3) is 0. The minimum Gasteiger partial charge on any atom is -0.379 e. The largest absolute Gasteiger partial charge is 0.379 e. The summed E-state index contributed by atoms with van der Waals surface area (Å²) in [6.07, 6.45) is 1.73. The SMILES string of the molecule is O=C1C=CC(=O)N1OS(=O)(=O)c1ccc(OS(=O)(=O)c2ccccc2)cc1. The van der Waals surface area contributed by atoms with Gasteiger partial charge in [-0.3, -0.25) is 9.59 Å². The number of imide groups is 1. The van der Waals surface area contributed by atoms with Crippen LogP contribution < -0.4 is 4.18 Å². The molecule has 0 unspecified atom stereocenters. The second-order valence-electron chi connectivity index (χ2n) is 5.15. The summed E-state index contributed by atoms with van der Waals surface area (Å²) in [5.74, 6) is -2.00. The lowest BCUT2D eigenvalue weighted by Gasteiger charge is -2.13. The normalized spacial score (nSPS) is 14.6. The molecule has 0 aliphatic carbocycles. The molecule has 0 saturated heterocycles. The van der Waals surface area contributed by atoms with E-state index in [9.17, 15) is 26.4 Å². The number of carbonyl (C=O) groups is 2. The maximum absolute atomic E-state index is 12.1. The molecule has 27 heavy (non-hydrogen) atoms. The first kappa shape index (κ1) is 18.8. The number of benzene rings is 2. The predicted octanol–water partition coefficient (Wildman–Crippen LogP) is 1.000. The number of carbonyl (C=O) groups excluding carboxylic acids is 2. The molecule has 0 aromatic heterocycles. The van der Waals surface area contributed by atoms with Gasteiger partial charge in [0.05, 0.1) is 4.90 Å². The van der Waals surface area contributed by atoms with Crippen molar-refractivity contribution in [2.24, 2.45) is 0 Å². The maximum Gasteiger partial charge on any atom is 0.339 e. The van der Waals surface area contributed by atoms with Crippen LogP contribution in [0, 0.1) is 0 Å².